The third kappa shape index (κ3) is 3.94. The number of ketones is 1. The highest BCUT2D eigenvalue weighted by atomic mass is 35.5. The average Bonchev–Trinajstić information content (AvgIpc) is 2.96. The van der Waals surface area contributed by atoms with Crippen LogP contribution in [0.25, 0.3) is 5.69 Å². The number of aromatic nitrogens is 1. The molecule has 5 nitrogen and oxygen atoms in total. The molecule has 0 unspecified atom stereocenters. The predicted molar refractivity (Wildman–Crippen MR) is 108 cm³/mol. The lowest BCUT2D eigenvalue weighted by Gasteiger charge is -2.13. The molecule has 3 rings (SSSR count). The molecule has 6 heteroatoms. The van der Waals surface area contributed by atoms with E-state index >= 15 is 0 Å². The maximum atomic E-state index is 12.9. The highest BCUT2D eigenvalue weighted by molar-refractivity contribution is 6.30. The van der Waals surface area contributed by atoms with Crippen molar-refractivity contribution in [1.29, 1.82) is 0 Å². The molecule has 0 aliphatic rings. The molecule has 1 N–H and O–H groups in total. The minimum absolute atomic E-state index is 0.0512. The van der Waals surface area contributed by atoms with E-state index in [1.807, 2.05) is 30.5 Å². The third-order valence-electron chi connectivity index (χ3n) is 4.54. The SMILES string of the molecule is Cc1cc(C(=O)[C@H](C)OC(=O)c2ccc(O)cc2)c(C)n1-c1ccc(Cl)cc1. The van der Waals surface area contributed by atoms with E-state index in [0.717, 1.165) is 17.1 Å². The van der Waals surface area contributed by atoms with Crippen LogP contribution in [0, 0.1) is 13.8 Å². The van der Waals surface area contributed by atoms with Crippen molar-refractivity contribution in [2.75, 3.05) is 0 Å². The first kappa shape index (κ1) is 19.7. The second-order valence-corrected chi connectivity index (χ2v) is 6.99. The van der Waals surface area contributed by atoms with Crippen molar-refractivity contribution in [1.82, 2.24) is 4.57 Å². The largest absolute Gasteiger partial charge is 0.508 e. The lowest BCUT2D eigenvalue weighted by atomic mass is 10.1. The number of phenolic OH excluding ortho intramolecular Hbond substituents is 1. The first-order valence-corrected chi connectivity index (χ1v) is 9.15. The van der Waals surface area contributed by atoms with Crippen molar-refractivity contribution in [3.8, 4) is 11.4 Å². The maximum Gasteiger partial charge on any atom is 0.338 e. The summed E-state index contributed by atoms with van der Waals surface area (Å²) in [6.07, 6.45) is -0.944. The number of nitrogens with zero attached hydrogens (tertiary/aromatic N) is 1. The van der Waals surface area contributed by atoms with Crippen LogP contribution in [0.4, 0.5) is 0 Å². The zero-order valence-corrected chi connectivity index (χ0v) is 16.5. The number of esters is 1. The summed E-state index contributed by atoms with van der Waals surface area (Å²) in [4.78, 5) is 25.1. The van der Waals surface area contributed by atoms with Gasteiger partial charge >= 0.3 is 5.97 Å². The van der Waals surface area contributed by atoms with Gasteiger partial charge in [0.05, 0.1) is 5.56 Å². The molecule has 0 radical (unpaired) electrons. The molecule has 0 aliphatic carbocycles. The fourth-order valence-electron chi connectivity index (χ4n) is 3.10. The average molecular weight is 398 g/mol. The maximum absolute atomic E-state index is 12.9. The Hall–Kier alpha value is -3.05. The van der Waals surface area contributed by atoms with E-state index in [-0.39, 0.29) is 17.1 Å². The number of halogens is 1. The summed E-state index contributed by atoms with van der Waals surface area (Å²) in [5, 5.41) is 9.95. The molecule has 0 fully saturated rings. The van der Waals surface area contributed by atoms with E-state index < -0.39 is 12.1 Å². The molecule has 0 bridgehead atoms. The van der Waals surface area contributed by atoms with Crippen molar-refractivity contribution in [2.24, 2.45) is 0 Å². The van der Waals surface area contributed by atoms with Crippen molar-refractivity contribution >= 4 is 23.4 Å². The van der Waals surface area contributed by atoms with Crippen molar-refractivity contribution < 1.29 is 19.4 Å². The Morgan fingerprint density at radius 3 is 2.25 bits per heavy atom. The Bertz CT molecular complexity index is 1020. The van der Waals surface area contributed by atoms with Crippen molar-refractivity contribution in [3.05, 3.63) is 82.1 Å². The van der Waals surface area contributed by atoms with Crippen LogP contribution in [-0.4, -0.2) is 27.5 Å². The number of hydrogen-bond donors (Lipinski definition) is 1. The van der Waals surface area contributed by atoms with Gasteiger partial charge in [0.25, 0.3) is 0 Å². The van der Waals surface area contributed by atoms with Crippen molar-refractivity contribution in [2.45, 2.75) is 26.9 Å². The number of aromatic hydroxyl groups is 1. The highest BCUT2D eigenvalue weighted by Crippen LogP contribution is 2.24. The van der Waals surface area contributed by atoms with E-state index in [1.54, 1.807) is 25.1 Å². The fraction of sp³-hybridized carbons (Fsp3) is 0.182. The van der Waals surface area contributed by atoms with Crippen LogP contribution in [0.5, 0.6) is 5.75 Å². The number of Topliss-reactive ketones (excluding diaryl/α,β-unsaturated/α-hetero) is 1. The van der Waals surface area contributed by atoms with E-state index in [9.17, 15) is 14.7 Å². The normalized spacial score (nSPS) is 11.9. The molecule has 144 valence electrons. The molecule has 1 aromatic heterocycles. The van der Waals surface area contributed by atoms with Crippen LogP contribution < -0.4 is 0 Å². The van der Waals surface area contributed by atoms with Gasteiger partial charge in [0.15, 0.2) is 6.10 Å². The van der Waals surface area contributed by atoms with Gasteiger partial charge in [-0.1, -0.05) is 11.6 Å². The Morgan fingerprint density at radius 2 is 1.64 bits per heavy atom. The van der Waals surface area contributed by atoms with Gasteiger partial charge in [0.1, 0.15) is 5.75 Å². The monoisotopic (exact) mass is 397 g/mol. The minimum atomic E-state index is -0.944. The van der Waals surface area contributed by atoms with Gasteiger partial charge in [-0.15, -0.1) is 0 Å². The third-order valence-corrected chi connectivity index (χ3v) is 4.79. The molecule has 0 saturated heterocycles. The number of ether oxygens (including phenoxy) is 1. The number of phenols is 1. The van der Waals surface area contributed by atoms with Crippen LogP contribution in [0.15, 0.2) is 54.6 Å². The number of carbonyl (C=O) groups excluding carboxylic acids is 2. The molecule has 2 aromatic carbocycles. The first-order chi connectivity index (χ1) is 13.3. The molecule has 0 amide bonds. The standard InChI is InChI=1S/C22H20ClNO4/c1-13-12-20(14(2)24(13)18-8-6-17(23)7-9-18)21(26)15(3)28-22(27)16-4-10-19(25)11-5-16/h4-12,15,25H,1-3H3/t15-/m0/s1. The van der Waals surface area contributed by atoms with Gasteiger partial charge < -0.3 is 14.4 Å². The van der Waals surface area contributed by atoms with Gasteiger partial charge in [-0.05, 0) is 75.4 Å². The summed E-state index contributed by atoms with van der Waals surface area (Å²) in [6, 6.07) is 14.8. The molecule has 1 heterocycles. The Labute approximate surface area is 168 Å². The Morgan fingerprint density at radius 1 is 1.04 bits per heavy atom. The lowest BCUT2D eigenvalue weighted by molar-refractivity contribution is 0.0318. The Kier molecular flexibility index (Phi) is 5.56. The van der Waals surface area contributed by atoms with Gasteiger partial charge in [0.2, 0.25) is 5.78 Å². The smallest absolute Gasteiger partial charge is 0.338 e. The summed E-state index contributed by atoms with van der Waals surface area (Å²) in [5.74, 6) is -0.844. The second kappa shape index (κ2) is 7.90. The molecule has 0 spiro atoms. The number of rotatable bonds is 5. The Balaban J connectivity index is 1.82. The van der Waals surface area contributed by atoms with Crippen LogP contribution in [0.1, 0.15) is 39.0 Å². The van der Waals surface area contributed by atoms with E-state index in [0.29, 0.717) is 10.6 Å². The van der Waals surface area contributed by atoms with E-state index in [2.05, 4.69) is 0 Å². The summed E-state index contributed by atoms with van der Waals surface area (Å²) < 4.78 is 7.28. The van der Waals surface area contributed by atoms with Crippen LogP contribution in [-0.2, 0) is 4.74 Å². The second-order valence-electron chi connectivity index (χ2n) is 6.56. The number of carbonyl (C=O) groups is 2. The summed E-state index contributed by atoms with van der Waals surface area (Å²) >= 11 is 5.96. The zero-order chi connectivity index (χ0) is 20.4. The van der Waals surface area contributed by atoms with E-state index in [1.165, 1.54) is 24.3 Å². The minimum Gasteiger partial charge on any atom is -0.508 e. The molecule has 28 heavy (non-hydrogen) atoms. The summed E-state index contributed by atoms with van der Waals surface area (Å²) in [5.41, 5.74) is 3.31. The topological polar surface area (TPSA) is 68.5 Å². The van der Waals surface area contributed by atoms with Crippen LogP contribution in [0.3, 0.4) is 0 Å². The van der Waals surface area contributed by atoms with Gasteiger partial charge in [-0.2, -0.15) is 0 Å². The van der Waals surface area contributed by atoms with Crippen LogP contribution in [0.2, 0.25) is 5.02 Å². The molecular formula is C22H20ClNO4. The molecule has 0 aliphatic heterocycles. The van der Waals surface area contributed by atoms with E-state index in [4.69, 9.17) is 16.3 Å². The fourth-order valence-corrected chi connectivity index (χ4v) is 3.22. The number of aryl methyl sites for hydroxylation is 1. The molecule has 1 atom stereocenters. The summed E-state index contributed by atoms with van der Waals surface area (Å²) in [6.45, 7) is 5.31. The van der Waals surface area contributed by atoms with Gasteiger partial charge in [-0.3, -0.25) is 4.79 Å². The molecule has 0 saturated carbocycles. The van der Waals surface area contributed by atoms with Gasteiger partial charge in [-0.25, -0.2) is 4.79 Å². The first-order valence-electron chi connectivity index (χ1n) is 8.77. The van der Waals surface area contributed by atoms with Crippen molar-refractivity contribution in [3.63, 3.8) is 0 Å². The molecular weight excluding hydrogens is 378 g/mol. The predicted octanol–water partition coefficient (Wildman–Crippen LogP) is 4.88. The zero-order valence-electron chi connectivity index (χ0n) is 15.8. The molecule has 3 aromatic rings. The summed E-state index contributed by atoms with van der Waals surface area (Å²) in [7, 11) is 0. The number of benzene rings is 2. The van der Waals surface area contributed by atoms with Gasteiger partial charge in [0, 0.05) is 27.7 Å². The highest BCUT2D eigenvalue weighted by Gasteiger charge is 2.24. The lowest BCUT2D eigenvalue weighted by Crippen LogP contribution is -2.24. The number of hydrogen-bond acceptors (Lipinski definition) is 4. The quantitative estimate of drug-likeness (QED) is 0.492. The van der Waals surface area contributed by atoms with Crippen LogP contribution >= 0.6 is 11.6 Å².